The smallest absolute Gasteiger partial charge is 0.253 e. The van der Waals surface area contributed by atoms with Gasteiger partial charge in [-0.1, -0.05) is 29.8 Å². The van der Waals surface area contributed by atoms with E-state index >= 15 is 0 Å². The van der Waals surface area contributed by atoms with Gasteiger partial charge < -0.3 is 14.9 Å². The molecule has 0 unspecified atom stereocenters. The van der Waals surface area contributed by atoms with E-state index in [0.29, 0.717) is 23.1 Å². The highest BCUT2D eigenvalue weighted by atomic mass is 35.5. The Labute approximate surface area is 186 Å². The Morgan fingerprint density at radius 1 is 1.16 bits per heavy atom. The minimum Gasteiger partial charge on any atom is -0.395 e. The number of aromatic nitrogens is 2. The fourth-order valence-corrected chi connectivity index (χ4v) is 4.51. The normalized spacial score (nSPS) is 15.8. The van der Waals surface area contributed by atoms with Gasteiger partial charge in [-0.2, -0.15) is 0 Å². The summed E-state index contributed by atoms with van der Waals surface area (Å²) in [4.78, 5) is 25.7. The minimum atomic E-state index is -0.106. The maximum atomic E-state index is 12.7. The second-order valence-electron chi connectivity index (χ2n) is 8.33. The Morgan fingerprint density at radius 3 is 2.61 bits per heavy atom. The first-order valence-corrected chi connectivity index (χ1v) is 10.7. The summed E-state index contributed by atoms with van der Waals surface area (Å²) in [7, 11) is 1.70. The zero-order valence-electron chi connectivity index (χ0n) is 17.3. The van der Waals surface area contributed by atoms with Gasteiger partial charge >= 0.3 is 0 Å². The standard InChI is InChI=1S/C24H23ClN4O2/c1-28(9-10-30)22(31)17-5-6-20-21(12-17)29(15-24(20)7-8-24)23-26-13-18(14-27-23)16-3-2-4-19(25)11-16/h2-6,11-14,30H,7-10,15H2,1H3. The lowest BCUT2D eigenvalue weighted by atomic mass is 9.97. The van der Waals surface area contributed by atoms with Crippen molar-refractivity contribution in [2.45, 2.75) is 18.3 Å². The van der Waals surface area contributed by atoms with Crippen molar-refractivity contribution in [3.8, 4) is 11.1 Å². The number of carbonyl (C=O) groups excluding carboxylic acids is 1. The predicted molar refractivity (Wildman–Crippen MR) is 121 cm³/mol. The van der Waals surface area contributed by atoms with Gasteiger partial charge in [0.25, 0.3) is 5.91 Å². The monoisotopic (exact) mass is 434 g/mol. The van der Waals surface area contributed by atoms with Crippen LogP contribution in [0.15, 0.2) is 54.9 Å². The van der Waals surface area contributed by atoms with Gasteiger partial charge in [-0.15, -0.1) is 0 Å². The average molecular weight is 435 g/mol. The molecule has 1 aliphatic heterocycles. The SMILES string of the molecule is CN(CCO)C(=O)c1ccc2c(c1)N(c1ncc(-c3cccc(Cl)c3)cn1)CC21CC1. The summed E-state index contributed by atoms with van der Waals surface area (Å²) in [6.45, 7) is 1.07. The van der Waals surface area contributed by atoms with Crippen LogP contribution in [0.2, 0.25) is 5.02 Å². The molecule has 2 aliphatic rings. The van der Waals surface area contributed by atoms with Crippen LogP contribution in [-0.2, 0) is 5.41 Å². The number of halogens is 1. The van der Waals surface area contributed by atoms with E-state index in [1.54, 1.807) is 7.05 Å². The molecular weight excluding hydrogens is 412 g/mol. The Morgan fingerprint density at radius 2 is 1.94 bits per heavy atom. The van der Waals surface area contributed by atoms with E-state index in [2.05, 4.69) is 20.9 Å². The van der Waals surface area contributed by atoms with Gasteiger partial charge in [0.1, 0.15) is 0 Å². The minimum absolute atomic E-state index is 0.0603. The summed E-state index contributed by atoms with van der Waals surface area (Å²) in [6, 6.07) is 13.5. The Balaban J connectivity index is 1.48. The van der Waals surface area contributed by atoms with E-state index in [-0.39, 0.29) is 17.9 Å². The highest BCUT2D eigenvalue weighted by Crippen LogP contribution is 2.57. The third-order valence-corrected chi connectivity index (χ3v) is 6.48. The number of rotatable bonds is 5. The number of nitrogens with zero attached hydrogens (tertiary/aromatic N) is 4. The van der Waals surface area contributed by atoms with Crippen LogP contribution in [0.5, 0.6) is 0 Å². The number of amides is 1. The number of fused-ring (bicyclic) bond motifs is 2. The van der Waals surface area contributed by atoms with Crippen LogP contribution in [0.4, 0.5) is 11.6 Å². The van der Waals surface area contributed by atoms with E-state index in [1.807, 2.05) is 48.8 Å². The second-order valence-corrected chi connectivity index (χ2v) is 8.77. The summed E-state index contributed by atoms with van der Waals surface area (Å²) in [5.41, 5.74) is 4.88. The number of hydrogen-bond donors (Lipinski definition) is 1. The highest BCUT2D eigenvalue weighted by Gasteiger charge is 2.52. The van der Waals surface area contributed by atoms with E-state index in [4.69, 9.17) is 16.7 Å². The van der Waals surface area contributed by atoms with Gasteiger partial charge in [0, 0.05) is 59.8 Å². The van der Waals surface area contributed by atoms with Crippen molar-refractivity contribution in [2.75, 3.05) is 31.6 Å². The molecule has 1 fully saturated rings. The third kappa shape index (κ3) is 3.56. The molecule has 6 nitrogen and oxygen atoms in total. The Bertz CT molecular complexity index is 1140. The van der Waals surface area contributed by atoms with Crippen molar-refractivity contribution in [1.82, 2.24) is 14.9 Å². The molecule has 2 aromatic carbocycles. The fraction of sp³-hybridized carbons (Fsp3) is 0.292. The number of anilines is 2. The van der Waals surface area contributed by atoms with Gasteiger partial charge in [-0.3, -0.25) is 4.79 Å². The molecule has 3 aromatic rings. The largest absolute Gasteiger partial charge is 0.395 e. The molecule has 0 atom stereocenters. The van der Waals surface area contributed by atoms with Gasteiger partial charge in [-0.05, 0) is 48.2 Å². The number of hydrogen-bond acceptors (Lipinski definition) is 5. The van der Waals surface area contributed by atoms with Crippen LogP contribution in [0.1, 0.15) is 28.8 Å². The van der Waals surface area contributed by atoms with Gasteiger partial charge in [0.2, 0.25) is 5.95 Å². The molecule has 31 heavy (non-hydrogen) atoms. The zero-order valence-corrected chi connectivity index (χ0v) is 18.0. The maximum Gasteiger partial charge on any atom is 0.253 e. The van der Waals surface area contributed by atoms with Crippen molar-refractivity contribution in [1.29, 1.82) is 0 Å². The number of likely N-dealkylation sites (N-methyl/N-ethyl adjacent to an activating group) is 1. The number of benzene rings is 2. The molecule has 2 heterocycles. The van der Waals surface area contributed by atoms with Crippen molar-refractivity contribution in [2.24, 2.45) is 0 Å². The Hall–Kier alpha value is -2.96. The molecule has 5 rings (SSSR count). The van der Waals surface area contributed by atoms with Crippen LogP contribution in [0.3, 0.4) is 0 Å². The molecule has 158 valence electrons. The van der Waals surface area contributed by atoms with Crippen LogP contribution >= 0.6 is 11.6 Å². The maximum absolute atomic E-state index is 12.7. The summed E-state index contributed by atoms with van der Waals surface area (Å²) < 4.78 is 0. The lowest BCUT2D eigenvalue weighted by molar-refractivity contribution is 0.0767. The quantitative estimate of drug-likeness (QED) is 0.656. The van der Waals surface area contributed by atoms with E-state index in [1.165, 1.54) is 10.5 Å². The zero-order chi connectivity index (χ0) is 21.6. The molecule has 1 aliphatic carbocycles. The first kappa shape index (κ1) is 20.0. The van der Waals surface area contributed by atoms with Crippen LogP contribution < -0.4 is 4.90 Å². The van der Waals surface area contributed by atoms with Gasteiger partial charge in [-0.25, -0.2) is 9.97 Å². The van der Waals surface area contributed by atoms with Crippen molar-refractivity contribution >= 4 is 29.1 Å². The Kier molecular flexibility index (Phi) is 4.91. The first-order chi connectivity index (χ1) is 15.0. The molecule has 1 spiro atoms. The highest BCUT2D eigenvalue weighted by molar-refractivity contribution is 6.30. The fourth-order valence-electron chi connectivity index (χ4n) is 4.32. The van der Waals surface area contributed by atoms with E-state index < -0.39 is 0 Å². The molecule has 1 saturated carbocycles. The van der Waals surface area contributed by atoms with Crippen LogP contribution in [-0.4, -0.2) is 52.6 Å². The topological polar surface area (TPSA) is 69.6 Å². The molecule has 7 heteroatoms. The van der Waals surface area contributed by atoms with Crippen LogP contribution in [0.25, 0.3) is 11.1 Å². The van der Waals surface area contributed by atoms with Crippen molar-refractivity contribution < 1.29 is 9.90 Å². The molecule has 1 aromatic heterocycles. The van der Waals surface area contributed by atoms with Crippen molar-refractivity contribution in [3.05, 3.63) is 71.0 Å². The summed E-state index contributed by atoms with van der Waals surface area (Å²) in [5.74, 6) is 0.523. The second kappa shape index (κ2) is 7.62. The third-order valence-electron chi connectivity index (χ3n) is 6.24. The molecule has 1 amide bonds. The lowest BCUT2D eigenvalue weighted by Gasteiger charge is -2.19. The summed E-state index contributed by atoms with van der Waals surface area (Å²) in [6.07, 6.45) is 5.90. The summed E-state index contributed by atoms with van der Waals surface area (Å²) >= 11 is 6.11. The van der Waals surface area contributed by atoms with E-state index in [0.717, 1.165) is 36.2 Å². The van der Waals surface area contributed by atoms with Crippen LogP contribution in [0, 0.1) is 0 Å². The van der Waals surface area contributed by atoms with E-state index in [9.17, 15) is 4.79 Å². The predicted octanol–water partition coefficient (Wildman–Crippen LogP) is 4.04. The number of aliphatic hydroxyl groups is 1. The van der Waals surface area contributed by atoms with Gasteiger partial charge in [0.05, 0.1) is 6.61 Å². The average Bonchev–Trinajstić information content (AvgIpc) is 3.50. The molecule has 1 N–H and O–H groups in total. The lowest BCUT2D eigenvalue weighted by Crippen LogP contribution is -2.29. The molecule has 0 bridgehead atoms. The molecule has 0 saturated heterocycles. The van der Waals surface area contributed by atoms with Crippen molar-refractivity contribution in [3.63, 3.8) is 0 Å². The first-order valence-electron chi connectivity index (χ1n) is 10.4. The number of carbonyl (C=O) groups is 1. The summed E-state index contributed by atoms with van der Waals surface area (Å²) in [5, 5.41) is 9.82. The number of aliphatic hydroxyl groups excluding tert-OH is 1. The van der Waals surface area contributed by atoms with Gasteiger partial charge in [0.15, 0.2) is 0 Å². The molecule has 0 radical (unpaired) electrons. The molecular formula is C24H23ClN4O2.